The first-order chi connectivity index (χ1) is 15.0. The van der Waals surface area contributed by atoms with Crippen LogP contribution < -0.4 is 11.1 Å². The van der Waals surface area contributed by atoms with E-state index < -0.39 is 28.8 Å². The number of benzene rings is 1. The first kappa shape index (κ1) is 22.1. The second-order valence-corrected chi connectivity index (χ2v) is 8.91. The van der Waals surface area contributed by atoms with Gasteiger partial charge in [0.2, 0.25) is 5.92 Å². The Morgan fingerprint density at radius 1 is 1.16 bits per heavy atom. The smallest absolute Gasteiger partial charge is 0.283 e. The molecule has 9 heteroatoms. The number of hydrogen-bond acceptors (Lipinski definition) is 5. The lowest BCUT2D eigenvalue weighted by atomic mass is 9.72. The normalized spacial score (nSPS) is 23.8. The summed E-state index contributed by atoms with van der Waals surface area (Å²) in [5.74, 6) is -3.71. The summed E-state index contributed by atoms with van der Waals surface area (Å²) in [5.41, 5.74) is 5.56. The molecule has 32 heavy (non-hydrogen) atoms. The van der Waals surface area contributed by atoms with E-state index in [9.17, 15) is 18.0 Å². The molecule has 3 N–H and O–H groups in total. The third-order valence-electron chi connectivity index (χ3n) is 6.19. The second-order valence-electron chi connectivity index (χ2n) is 8.91. The van der Waals surface area contributed by atoms with Gasteiger partial charge in [-0.1, -0.05) is 6.07 Å². The number of nitrogens with zero attached hydrogens (tertiary/aromatic N) is 2. The zero-order chi connectivity index (χ0) is 23.1. The van der Waals surface area contributed by atoms with Gasteiger partial charge in [0.1, 0.15) is 17.1 Å². The Kier molecular flexibility index (Phi) is 5.38. The number of halogens is 3. The van der Waals surface area contributed by atoms with E-state index in [4.69, 9.17) is 10.5 Å². The van der Waals surface area contributed by atoms with Crippen molar-refractivity contribution in [3.63, 3.8) is 0 Å². The van der Waals surface area contributed by atoms with Gasteiger partial charge in [-0.15, -0.1) is 0 Å². The van der Waals surface area contributed by atoms with Crippen molar-refractivity contribution in [1.82, 2.24) is 4.98 Å². The predicted octanol–water partition coefficient (Wildman–Crippen LogP) is 4.68. The summed E-state index contributed by atoms with van der Waals surface area (Å²) in [6.07, 6.45) is 1.34. The van der Waals surface area contributed by atoms with Crippen LogP contribution >= 0.6 is 0 Å². The predicted molar refractivity (Wildman–Crippen MR) is 114 cm³/mol. The van der Waals surface area contributed by atoms with E-state index in [1.165, 1.54) is 18.2 Å². The summed E-state index contributed by atoms with van der Waals surface area (Å²) in [5, 5.41) is 2.72. The lowest BCUT2D eigenvalue weighted by molar-refractivity contribution is -0.112. The van der Waals surface area contributed by atoms with Crippen molar-refractivity contribution in [3.05, 3.63) is 59.2 Å². The number of amidine groups is 1. The van der Waals surface area contributed by atoms with Crippen molar-refractivity contribution < 1.29 is 22.7 Å². The van der Waals surface area contributed by atoms with Crippen molar-refractivity contribution in [1.29, 1.82) is 0 Å². The van der Waals surface area contributed by atoms with Gasteiger partial charge in [-0.2, -0.15) is 0 Å². The Labute approximate surface area is 184 Å². The molecule has 1 saturated carbocycles. The third kappa shape index (κ3) is 4.42. The van der Waals surface area contributed by atoms with Crippen molar-refractivity contribution in [2.24, 2.45) is 10.7 Å². The molecule has 1 aromatic heterocycles. The van der Waals surface area contributed by atoms with E-state index in [2.05, 4.69) is 15.3 Å². The minimum atomic E-state index is -2.74. The van der Waals surface area contributed by atoms with Gasteiger partial charge in [0.05, 0.1) is 5.54 Å². The van der Waals surface area contributed by atoms with Crippen LogP contribution in [0.5, 0.6) is 0 Å². The van der Waals surface area contributed by atoms with Crippen molar-refractivity contribution >= 4 is 17.6 Å². The molecular weight excluding hydrogens is 421 g/mol. The van der Waals surface area contributed by atoms with Crippen LogP contribution in [-0.2, 0) is 10.3 Å². The second kappa shape index (κ2) is 7.79. The van der Waals surface area contributed by atoms with Crippen molar-refractivity contribution in [2.45, 2.75) is 63.0 Å². The Morgan fingerprint density at radius 2 is 1.88 bits per heavy atom. The van der Waals surface area contributed by atoms with Crippen LogP contribution in [0.15, 0.2) is 41.5 Å². The molecule has 2 aliphatic rings. The molecule has 4 rings (SSSR count). The van der Waals surface area contributed by atoms with Gasteiger partial charge in [0, 0.05) is 36.7 Å². The van der Waals surface area contributed by atoms with Crippen LogP contribution in [0.25, 0.3) is 0 Å². The zero-order valence-corrected chi connectivity index (χ0v) is 17.9. The standard InChI is InChI=1S/C23H25F3N4O2/c1-14-3-6-18(28-12-14)19(31)29-15-4-5-17(24)16(11-15)21(2)13-22(32-20(27)30-21)7-9-23(25,26)10-8-22/h3-6,11-12H,7-10,13H2,1-2H3,(H2,27,30)(H,29,31)/t21-/m0/s1. The molecule has 1 fully saturated rings. The van der Waals surface area contributed by atoms with E-state index in [1.807, 2.05) is 6.92 Å². The fourth-order valence-corrected chi connectivity index (χ4v) is 4.51. The summed E-state index contributed by atoms with van der Waals surface area (Å²) in [6.45, 7) is 3.56. The molecular formula is C23H25F3N4O2. The highest BCUT2D eigenvalue weighted by Crippen LogP contribution is 2.49. The van der Waals surface area contributed by atoms with Crippen LogP contribution in [0, 0.1) is 12.7 Å². The number of aliphatic imine (C=N–C) groups is 1. The highest BCUT2D eigenvalue weighted by molar-refractivity contribution is 6.02. The monoisotopic (exact) mass is 446 g/mol. The first-order valence-corrected chi connectivity index (χ1v) is 10.5. The quantitative estimate of drug-likeness (QED) is 0.717. The molecule has 2 aromatic rings. The van der Waals surface area contributed by atoms with E-state index in [1.54, 1.807) is 25.3 Å². The molecule has 0 bridgehead atoms. The molecule has 1 spiro atoms. The summed E-state index contributed by atoms with van der Waals surface area (Å²) >= 11 is 0. The number of aryl methyl sites for hydroxylation is 1. The van der Waals surface area contributed by atoms with Crippen molar-refractivity contribution in [3.8, 4) is 0 Å². The number of hydrogen-bond donors (Lipinski definition) is 2. The average Bonchev–Trinajstić information content (AvgIpc) is 2.72. The lowest BCUT2D eigenvalue weighted by Gasteiger charge is -2.47. The molecule has 2 heterocycles. The van der Waals surface area contributed by atoms with Gasteiger partial charge in [-0.25, -0.2) is 18.2 Å². The molecule has 6 nitrogen and oxygen atoms in total. The number of ether oxygens (including phenoxy) is 1. The van der Waals surface area contributed by atoms with Gasteiger partial charge in [0.15, 0.2) is 0 Å². The Bertz CT molecular complexity index is 1060. The first-order valence-electron chi connectivity index (χ1n) is 10.5. The Balaban J connectivity index is 1.61. The molecule has 1 aromatic carbocycles. The van der Waals surface area contributed by atoms with E-state index in [0.717, 1.165) is 5.56 Å². The molecule has 0 radical (unpaired) electrons. The topological polar surface area (TPSA) is 89.6 Å². The molecule has 0 saturated heterocycles. The number of nitrogens with two attached hydrogens (primary N) is 1. The number of carbonyl (C=O) groups excluding carboxylic acids is 1. The number of aromatic nitrogens is 1. The summed E-state index contributed by atoms with van der Waals surface area (Å²) in [6, 6.07) is 7.39. The highest BCUT2D eigenvalue weighted by Gasteiger charge is 2.51. The number of alkyl halides is 2. The highest BCUT2D eigenvalue weighted by atomic mass is 19.3. The van der Waals surface area contributed by atoms with E-state index >= 15 is 0 Å². The molecule has 1 atom stereocenters. The Morgan fingerprint density at radius 3 is 2.53 bits per heavy atom. The van der Waals surface area contributed by atoms with Crippen LogP contribution in [0.1, 0.15) is 60.6 Å². The minimum absolute atomic E-state index is 0.100. The van der Waals surface area contributed by atoms with Crippen molar-refractivity contribution in [2.75, 3.05) is 5.32 Å². The Hall–Kier alpha value is -3.10. The molecule has 170 valence electrons. The summed E-state index contributed by atoms with van der Waals surface area (Å²) in [7, 11) is 0. The van der Waals surface area contributed by atoms with E-state index in [-0.39, 0.29) is 49.4 Å². The van der Waals surface area contributed by atoms with Crippen LogP contribution in [-0.4, -0.2) is 28.4 Å². The molecule has 1 aliphatic heterocycles. The molecule has 1 aliphatic carbocycles. The summed E-state index contributed by atoms with van der Waals surface area (Å²) < 4.78 is 48.1. The lowest BCUT2D eigenvalue weighted by Crippen LogP contribution is -2.51. The number of amides is 1. The van der Waals surface area contributed by atoms with E-state index in [0.29, 0.717) is 5.69 Å². The zero-order valence-electron chi connectivity index (χ0n) is 17.9. The van der Waals surface area contributed by atoms with Gasteiger partial charge >= 0.3 is 0 Å². The van der Waals surface area contributed by atoms with Crippen LogP contribution in [0.3, 0.4) is 0 Å². The van der Waals surface area contributed by atoms with Gasteiger partial charge in [-0.3, -0.25) is 9.78 Å². The average molecular weight is 446 g/mol. The number of anilines is 1. The minimum Gasteiger partial charge on any atom is -0.459 e. The van der Waals surface area contributed by atoms with Crippen LogP contribution in [0.4, 0.5) is 18.9 Å². The molecule has 1 amide bonds. The maximum atomic E-state index is 14.9. The van der Waals surface area contributed by atoms with Gasteiger partial charge in [-0.05, 0) is 56.5 Å². The number of pyridine rings is 1. The summed E-state index contributed by atoms with van der Waals surface area (Å²) in [4.78, 5) is 21.0. The maximum absolute atomic E-state index is 14.9. The fourth-order valence-electron chi connectivity index (χ4n) is 4.51. The SMILES string of the molecule is Cc1ccc(C(=O)Nc2ccc(F)c([C@]3(C)CC4(CCC(F)(F)CC4)OC(N)=N3)c2)nc1. The van der Waals surface area contributed by atoms with Crippen LogP contribution in [0.2, 0.25) is 0 Å². The van der Waals surface area contributed by atoms with Gasteiger partial charge in [0.25, 0.3) is 11.9 Å². The number of nitrogens with one attached hydrogen (secondary N) is 1. The third-order valence-corrected chi connectivity index (χ3v) is 6.19. The molecule has 0 unspecified atom stereocenters. The largest absolute Gasteiger partial charge is 0.459 e. The number of carbonyl (C=O) groups is 1. The maximum Gasteiger partial charge on any atom is 0.283 e. The fraction of sp³-hybridized carbons (Fsp3) is 0.435. The van der Waals surface area contributed by atoms with Gasteiger partial charge < -0.3 is 15.8 Å². The number of rotatable bonds is 3.